The van der Waals surface area contributed by atoms with Gasteiger partial charge in [0.15, 0.2) is 0 Å². The molecule has 0 amide bonds. The Hall–Kier alpha value is 0.605. The van der Waals surface area contributed by atoms with Crippen molar-refractivity contribution in [2.45, 2.75) is 45.3 Å². The van der Waals surface area contributed by atoms with E-state index in [4.69, 9.17) is 27.7 Å². The second-order valence-corrected chi connectivity index (χ2v) is 4.46. The van der Waals surface area contributed by atoms with Crippen LogP contribution in [0.2, 0.25) is 0 Å². The van der Waals surface area contributed by atoms with Crippen LogP contribution < -0.4 is 0 Å². The first kappa shape index (κ1) is 13.6. The maximum absolute atomic E-state index is 6.45. The molecule has 0 aromatic carbocycles. The van der Waals surface area contributed by atoms with Gasteiger partial charge in [-0.05, 0) is 19.3 Å². The van der Waals surface area contributed by atoms with Crippen molar-refractivity contribution in [2.75, 3.05) is 6.61 Å². The quantitative estimate of drug-likeness (QED) is 0.494. The smallest absolute Gasteiger partial charge is 0.420 e. The fourth-order valence-electron chi connectivity index (χ4n) is 1.36. The topological polar surface area (TPSA) is 9.23 Å². The molecular formula is C9H19BCl2O. The van der Waals surface area contributed by atoms with Gasteiger partial charge in [-0.15, -0.1) is 11.6 Å². The molecule has 0 spiro atoms. The molecule has 0 bridgehead atoms. The van der Waals surface area contributed by atoms with E-state index in [9.17, 15) is 0 Å². The summed E-state index contributed by atoms with van der Waals surface area (Å²) in [6, 6.07) is 0. The minimum absolute atomic E-state index is 0.369. The summed E-state index contributed by atoms with van der Waals surface area (Å²) < 4.78 is 4.93. The molecular weight excluding hydrogens is 206 g/mol. The first-order chi connectivity index (χ1) is 6.02. The van der Waals surface area contributed by atoms with Crippen LogP contribution in [0.5, 0.6) is 0 Å². The summed E-state index contributed by atoms with van der Waals surface area (Å²) in [6.45, 7) is 8.82. The van der Waals surface area contributed by atoms with Gasteiger partial charge in [0.1, 0.15) is 0 Å². The molecule has 0 aromatic heterocycles. The monoisotopic (exact) mass is 224 g/mol. The van der Waals surface area contributed by atoms with Crippen molar-refractivity contribution in [1.29, 1.82) is 0 Å². The molecule has 0 rings (SSSR count). The van der Waals surface area contributed by atoms with E-state index in [0.717, 1.165) is 12.8 Å². The fourth-order valence-corrected chi connectivity index (χ4v) is 2.07. The Kier molecular flexibility index (Phi) is 6.44. The fraction of sp³-hybridized carbons (Fsp3) is 1.00. The summed E-state index contributed by atoms with van der Waals surface area (Å²) in [5.41, 5.74) is 0. The highest BCUT2D eigenvalue weighted by Crippen LogP contribution is 2.35. The zero-order valence-electron chi connectivity index (χ0n) is 8.94. The van der Waals surface area contributed by atoms with Crippen molar-refractivity contribution >= 4 is 29.4 Å². The zero-order valence-corrected chi connectivity index (χ0v) is 10.5. The van der Waals surface area contributed by atoms with Gasteiger partial charge in [-0.25, -0.2) is 0 Å². The van der Waals surface area contributed by atoms with Crippen LogP contribution >= 0.6 is 23.1 Å². The van der Waals surface area contributed by atoms with Gasteiger partial charge in [-0.3, -0.25) is 0 Å². The molecule has 13 heavy (non-hydrogen) atoms. The van der Waals surface area contributed by atoms with Crippen LogP contribution in [-0.4, -0.2) is 17.7 Å². The Labute approximate surface area is 92.2 Å². The zero-order chi connectivity index (χ0) is 10.5. The molecule has 0 radical (unpaired) electrons. The summed E-state index contributed by atoms with van der Waals surface area (Å²) in [5, 5.41) is 0. The van der Waals surface area contributed by atoms with Crippen molar-refractivity contribution in [1.82, 2.24) is 0 Å². The van der Waals surface area contributed by atoms with Crippen molar-refractivity contribution in [2.24, 2.45) is 5.92 Å². The van der Waals surface area contributed by atoms with Crippen LogP contribution in [0.1, 0.15) is 40.5 Å². The SMILES string of the molecule is CCOB(Cl)C(Cl)(CC)C(C)CC. The van der Waals surface area contributed by atoms with E-state index in [1.807, 2.05) is 13.8 Å². The number of rotatable bonds is 6. The van der Waals surface area contributed by atoms with Gasteiger partial charge in [-0.2, -0.15) is 11.5 Å². The highest BCUT2D eigenvalue weighted by molar-refractivity contribution is 7.08. The number of halogens is 2. The standard InChI is InChI=1S/C9H19BCl2O/c1-5-8(4)9(11,6-2)10(12)13-7-3/h8H,5-7H2,1-4H3. The molecule has 78 valence electrons. The summed E-state index contributed by atoms with van der Waals surface area (Å²) in [6.07, 6.45) is 1.46. The number of hydrogen-bond donors (Lipinski definition) is 0. The predicted octanol–water partition coefficient (Wildman–Crippen LogP) is 3.72. The van der Waals surface area contributed by atoms with Gasteiger partial charge in [0.05, 0.1) is 4.77 Å². The van der Waals surface area contributed by atoms with Gasteiger partial charge in [-0.1, -0.05) is 27.2 Å². The van der Waals surface area contributed by atoms with Gasteiger partial charge in [0, 0.05) is 6.61 Å². The Morgan fingerprint density at radius 1 is 1.38 bits per heavy atom. The third kappa shape index (κ3) is 3.34. The maximum Gasteiger partial charge on any atom is 0.420 e. The number of hydrogen-bond acceptors (Lipinski definition) is 1. The van der Waals surface area contributed by atoms with Crippen LogP contribution in [0, 0.1) is 5.92 Å². The lowest BCUT2D eigenvalue weighted by Crippen LogP contribution is -2.44. The van der Waals surface area contributed by atoms with E-state index in [-0.39, 0.29) is 6.33 Å². The van der Waals surface area contributed by atoms with E-state index in [1.54, 1.807) is 0 Å². The summed E-state index contributed by atoms with van der Waals surface area (Å²) in [4.78, 5) is 0. The summed E-state index contributed by atoms with van der Waals surface area (Å²) in [7, 11) is 0. The molecule has 0 aliphatic rings. The first-order valence-corrected chi connectivity index (χ1v) is 5.78. The van der Waals surface area contributed by atoms with Crippen molar-refractivity contribution < 1.29 is 4.65 Å². The van der Waals surface area contributed by atoms with Crippen LogP contribution in [-0.2, 0) is 4.65 Å². The second kappa shape index (κ2) is 6.16. The molecule has 4 heteroatoms. The Bertz CT molecular complexity index is 146. The van der Waals surface area contributed by atoms with Crippen LogP contribution in [0.4, 0.5) is 0 Å². The molecule has 1 nitrogen and oxygen atoms in total. The summed E-state index contributed by atoms with van der Waals surface area (Å²) in [5.74, 6) is 0.369. The van der Waals surface area contributed by atoms with Gasteiger partial charge >= 0.3 is 6.33 Å². The maximum atomic E-state index is 6.45. The number of alkyl halides is 1. The average Bonchev–Trinajstić information content (AvgIpc) is 2.15. The van der Waals surface area contributed by atoms with Crippen molar-refractivity contribution in [3.63, 3.8) is 0 Å². The Morgan fingerprint density at radius 3 is 2.23 bits per heavy atom. The Morgan fingerprint density at radius 2 is 1.92 bits per heavy atom. The highest BCUT2D eigenvalue weighted by Gasteiger charge is 2.43. The highest BCUT2D eigenvalue weighted by atomic mass is 35.5. The molecule has 0 heterocycles. The van der Waals surface area contributed by atoms with Crippen molar-refractivity contribution in [3.05, 3.63) is 0 Å². The van der Waals surface area contributed by atoms with E-state index < -0.39 is 4.77 Å². The minimum atomic E-state index is -0.424. The van der Waals surface area contributed by atoms with Crippen molar-refractivity contribution in [3.8, 4) is 0 Å². The molecule has 0 saturated carbocycles. The lowest BCUT2D eigenvalue weighted by atomic mass is 9.67. The molecule has 0 saturated heterocycles. The van der Waals surface area contributed by atoms with Gasteiger partial charge < -0.3 is 4.65 Å². The molecule has 0 N–H and O–H groups in total. The average molecular weight is 225 g/mol. The van der Waals surface area contributed by atoms with Crippen LogP contribution in [0.3, 0.4) is 0 Å². The lowest BCUT2D eigenvalue weighted by Gasteiger charge is -2.33. The second-order valence-electron chi connectivity index (χ2n) is 3.36. The molecule has 0 aliphatic carbocycles. The lowest BCUT2D eigenvalue weighted by molar-refractivity contribution is 0.321. The largest absolute Gasteiger partial charge is 0.421 e. The molecule has 0 fully saturated rings. The molecule has 0 aromatic rings. The van der Waals surface area contributed by atoms with E-state index in [0.29, 0.717) is 12.5 Å². The molecule has 2 atom stereocenters. The third-order valence-electron chi connectivity index (χ3n) is 2.66. The van der Waals surface area contributed by atoms with Gasteiger partial charge in [0.2, 0.25) is 0 Å². The first-order valence-electron chi connectivity index (χ1n) is 4.97. The van der Waals surface area contributed by atoms with Crippen LogP contribution in [0.15, 0.2) is 0 Å². The Balaban J connectivity index is 4.41. The predicted molar refractivity (Wildman–Crippen MR) is 61.6 cm³/mol. The normalized spacial score (nSPS) is 18.0. The van der Waals surface area contributed by atoms with E-state index in [2.05, 4.69) is 13.8 Å². The third-order valence-corrected chi connectivity index (χ3v) is 4.13. The molecule has 2 unspecified atom stereocenters. The molecule has 0 aliphatic heterocycles. The minimum Gasteiger partial charge on any atom is -0.421 e. The summed E-state index contributed by atoms with van der Waals surface area (Å²) >= 11 is 12.6. The van der Waals surface area contributed by atoms with Gasteiger partial charge in [0.25, 0.3) is 0 Å². The van der Waals surface area contributed by atoms with E-state index >= 15 is 0 Å². The van der Waals surface area contributed by atoms with Crippen LogP contribution in [0.25, 0.3) is 0 Å². The van der Waals surface area contributed by atoms with E-state index in [1.165, 1.54) is 0 Å².